The van der Waals surface area contributed by atoms with E-state index in [0.29, 0.717) is 0 Å². The number of hydrogen-bond donors (Lipinski definition) is 0. The highest BCUT2D eigenvalue weighted by Gasteiger charge is 2.20. The molecule has 44 heavy (non-hydrogen) atoms. The fourth-order valence-electron chi connectivity index (χ4n) is 7.55. The second-order valence-corrected chi connectivity index (χ2v) is 11.8. The van der Waals surface area contributed by atoms with Crippen molar-refractivity contribution in [3.05, 3.63) is 158 Å². The van der Waals surface area contributed by atoms with Gasteiger partial charge < -0.3 is 8.97 Å². The van der Waals surface area contributed by atoms with Crippen LogP contribution in [0.5, 0.6) is 0 Å². The van der Waals surface area contributed by atoms with Crippen molar-refractivity contribution in [3.63, 3.8) is 0 Å². The summed E-state index contributed by atoms with van der Waals surface area (Å²) in [6, 6.07) is 57.6. The minimum Gasteiger partial charge on any atom is -0.309 e. The summed E-state index contributed by atoms with van der Waals surface area (Å²) in [4.78, 5) is 0. The van der Waals surface area contributed by atoms with Gasteiger partial charge in [-0.3, -0.25) is 0 Å². The summed E-state index contributed by atoms with van der Waals surface area (Å²) in [5.41, 5.74) is 12.4. The van der Waals surface area contributed by atoms with Crippen molar-refractivity contribution < 1.29 is 0 Å². The monoisotopic (exact) mass is 558 g/mol. The second kappa shape index (κ2) is 8.82. The average Bonchev–Trinajstić information content (AvgIpc) is 3.74. The molecule has 0 atom stereocenters. The highest BCUT2D eigenvalue weighted by Crippen LogP contribution is 2.42. The van der Waals surface area contributed by atoms with Crippen molar-refractivity contribution in [2.45, 2.75) is 0 Å². The largest absolute Gasteiger partial charge is 0.309 e. The zero-order valence-electron chi connectivity index (χ0n) is 23.9. The quantitative estimate of drug-likeness (QED) is 0.204. The number of para-hydroxylation sites is 4. The van der Waals surface area contributed by atoms with Gasteiger partial charge in [0.1, 0.15) is 0 Å². The lowest BCUT2D eigenvalue weighted by Crippen LogP contribution is -1.95. The minimum absolute atomic E-state index is 1.16. The summed E-state index contributed by atoms with van der Waals surface area (Å²) in [6.07, 6.45) is 0. The van der Waals surface area contributed by atoms with E-state index in [0.717, 1.165) is 5.69 Å². The average molecular weight is 559 g/mol. The molecule has 0 saturated heterocycles. The first-order chi connectivity index (χ1) is 21.8. The van der Waals surface area contributed by atoms with E-state index < -0.39 is 0 Å². The van der Waals surface area contributed by atoms with Crippen molar-refractivity contribution >= 4 is 59.9 Å². The van der Waals surface area contributed by atoms with Crippen LogP contribution in [0.25, 0.3) is 87.8 Å². The molecule has 0 aliphatic heterocycles. The molecule has 2 nitrogen and oxygen atoms in total. The maximum absolute atomic E-state index is 2.45. The Hall–Kier alpha value is -5.86. The first-order valence-electron chi connectivity index (χ1n) is 15.2. The first-order valence-corrected chi connectivity index (χ1v) is 15.2. The van der Waals surface area contributed by atoms with Gasteiger partial charge in [-0.25, -0.2) is 0 Å². The summed E-state index contributed by atoms with van der Waals surface area (Å²) in [6.45, 7) is 0. The van der Waals surface area contributed by atoms with E-state index in [-0.39, 0.29) is 0 Å². The van der Waals surface area contributed by atoms with Gasteiger partial charge in [0.15, 0.2) is 0 Å². The smallest absolute Gasteiger partial charge is 0.0620 e. The van der Waals surface area contributed by atoms with Crippen LogP contribution in [0, 0.1) is 0 Å². The molecule has 0 unspecified atom stereocenters. The lowest BCUT2D eigenvalue weighted by Gasteiger charge is -2.13. The van der Waals surface area contributed by atoms with Gasteiger partial charge >= 0.3 is 0 Å². The van der Waals surface area contributed by atoms with Crippen LogP contribution < -0.4 is 0 Å². The predicted octanol–water partition coefficient (Wildman–Crippen LogP) is 11.3. The number of benzene rings is 7. The van der Waals surface area contributed by atoms with Crippen LogP contribution >= 0.6 is 0 Å². The van der Waals surface area contributed by atoms with E-state index in [1.807, 2.05) is 0 Å². The summed E-state index contributed by atoms with van der Waals surface area (Å²) >= 11 is 0. The molecule has 0 spiro atoms. The zero-order valence-corrected chi connectivity index (χ0v) is 23.9. The highest BCUT2D eigenvalue weighted by atomic mass is 15.0. The summed E-state index contributed by atoms with van der Waals surface area (Å²) in [5, 5.41) is 7.76. The Morgan fingerprint density at radius 3 is 1.66 bits per heavy atom. The minimum atomic E-state index is 1.16. The summed E-state index contributed by atoms with van der Waals surface area (Å²) in [5.74, 6) is 0. The van der Waals surface area contributed by atoms with Crippen molar-refractivity contribution in [1.29, 1.82) is 0 Å². The van der Waals surface area contributed by atoms with Gasteiger partial charge in [-0.1, -0.05) is 121 Å². The fourth-order valence-corrected chi connectivity index (χ4v) is 7.55. The number of rotatable bonds is 3. The van der Waals surface area contributed by atoms with Crippen LogP contribution in [0.1, 0.15) is 0 Å². The summed E-state index contributed by atoms with van der Waals surface area (Å²) < 4.78 is 4.89. The Bertz CT molecular complexity index is 2690. The highest BCUT2D eigenvalue weighted by molar-refractivity contribution is 6.24. The molecule has 204 valence electrons. The molecule has 0 N–H and O–H groups in total. The predicted molar refractivity (Wildman–Crippen MR) is 186 cm³/mol. The van der Waals surface area contributed by atoms with Crippen molar-refractivity contribution in [3.8, 4) is 27.9 Å². The van der Waals surface area contributed by atoms with Crippen molar-refractivity contribution in [1.82, 2.24) is 8.97 Å². The van der Waals surface area contributed by atoms with Gasteiger partial charge in [0.25, 0.3) is 0 Å². The molecular formula is C42H26N2. The normalized spacial score (nSPS) is 12.1. The molecule has 0 bridgehead atoms. The third kappa shape index (κ3) is 3.14. The molecule has 3 heterocycles. The van der Waals surface area contributed by atoms with E-state index >= 15 is 0 Å². The fraction of sp³-hybridized carbons (Fsp3) is 0. The van der Waals surface area contributed by atoms with E-state index in [1.54, 1.807) is 0 Å². The van der Waals surface area contributed by atoms with E-state index in [2.05, 4.69) is 167 Å². The maximum Gasteiger partial charge on any atom is 0.0620 e. The molecule has 10 rings (SSSR count). The zero-order chi connectivity index (χ0) is 28.8. The molecule has 0 fully saturated rings. The Morgan fingerprint density at radius 1 is 0.318 bits per heavy atom. The van der Waals surface area contributed by atoms with E-state index in [9.17, 15) is 0 Å². The molecule has 0 aliphatic rings. The first kappa shape index (κ1) is 23.7. The standard InChI is InChI=1S/C42H26N2/c1-2-10-27(11-3-1)28-20-23-30(24-21-28)43-38-18-6-4-12-32(38)34-15-8-14-31(41(34)43)29-22-25-40-37(26-29)36-17-9-16-35-33-13-5-7-19-39(33)44(40)42(35)36/h1-26H. The van der Waals surface area contributed by atoms with E-state index in [1.165, 1.54) is 82.2 Å². The van der Waals surface area contributed by atoms with Crippen LogP contribution in [0.15, 0.2) is 158 Å². The van der Waals surface area contributed by atoms with Gasteiger partial charge in [-0.2, -0.15) is 0 Å². The van der Waals surface area contributed by atoms with Crippen LogP contribution in [0.4, 0.5) is 0 Å². The Kier molecular flexibility index (Phi) is 4.75. The Morgan fingerprint density at radius 2 is 0.864 bits per heavy atom. The van der Waals surface area contributed by atoms with Gasteiger partial charge in [0, 0.05) is 43.6 Å². The van der Waals surface area contributed by atoms with Crippen molar-refractivity contribution in [2.24, 2.45) is 0 Å². The maximum atomic E-state index is 2.45. The van der Waals surface area contributed by atoms with Crippen LogP contribution in [0.2, 0.25) is 0 Å². The molecule has 0 amide bonds. The topological polar surface area (TPSA) is 9.34 Å². The molecule has 10 aromatic rings. The second-order valence-electron chi connectivity index (χ2n) is 11.8. The third-order valence-corrected chi connectivity index (χ3v) is 9.46. The van der Waals surface area contributed by atoms with Gasteiger partial charge in [0.05, 0.1) is 27.6 Å². The Balaban J connectivity index is 1.24. The molecule has 0 saturated carbocycles. The Labute approximate surface area is 254 Å². The third-order valence-electron chi connectivity index (χ3n) is 9.46. The van der Waals surface area contributed by atoms with Gasteiger partial charge in [-0.05, 0) is 53.1 Å². The molecule has 3 aromatic heterocycles. The number of aromatic nitrogens is 2. The van der Waals surface area contributed by atoms with Gasteiger partial charge in [-0.15, -0.1) is 0 Å². The molecule has 7 aromatic carbocycles. The molecule has 2 heteroatoms. The van der Waals surface area contributed by atoms with Crippen LogP contribution in [-0.4, -0.2) is 8.97 Å². The SMILES string of the molecule is c1ccc(-c2ccc(-n3c4ccccc4c4cccc(-c5ccc6c(c5)c5cccc7c8ccccc8n6c75)c43)cc2)cc1. The van der Waals surface area contributed by atoms with E-state index in [4.69, 9.17) is 0 Å². The number of hydrogen-bond acceptors (Lipinski definition) is 0. The molecule has 0 radical (unpaired) electrons. The summed E-state index contributed by atoms with van der Waals surface area (Å²) in [7, 11) is 0. The lowest BCUT2D eigenvalue weighted by atomic mass is 9.99. The number of nitrogens with zero attached hydrogens (tertiary/aromatic N) is 2. The lowest BCUT2D eigenvalue weighted by molar-refractivity contribution is 1.18. The number of fused-ring (bicyclic) bond motifs is 9. The van der Waals surface area contributed by atoms with Gasteiger partial charge in [0.2, 0.25) is 0 Å². The van der Waals surface area contributed by atoms with Crippen molar-refractivity contribution in [2.75, 3.05) is 0 Å². The molecular weight excluding hydrogens is 532 g/mol. The molecule has 0 aliphatic carbocycles. The van der Waals surface area contributed by atoms with Crippen LogP contribution in [-0.2, 0) is 0 Å². The van der Waals surface area contributed by atoms with Crippen LogP contribution in [0.3, 0.4) is 0 Å².